The number of aliphatic imine (C=N–C) groups is 2. The highest BCUT2D eigenvalue weighted by Crippen LogP contribution is 2.18. The normalized spacial score (nSPS) is 15.6. The zero-order chi connectivity index (χ0) is 23.8. The van der Waals surface area contributed by atoms with E-state index >= 15 is 0 Å². The number of amidine groups is 1. The number of hydrogen-bond donors (Lipinski definition) is 2. The molecule has 0 radical (unpaired) electrons. The van der Waals surface area contributed by atoms with Gasteiger partial charge in [0, 0.05) is 26.3 Å². The van der Waals surface area contributed by atoms with E-state index in [0.717, 1.165) is 41.7 Å². The summed E-state index contributed by atoms with van der Waals surface area (Å²) >= 11 is 0. The van der Waals surface area contributed by atoms with Gasteiger partial charge in [0.05, 0.1) is 37.2 Å². The van der Waals surface area contributed by atoms with Crippen LogP contribution in [-0.2, 0) is 11.8 Å². The monoisotopic (exact) mass is 448 g/mol. The second-order valence-corrected chi connectivity index (χ2v) is 8.17. The molecule has 9 nitrogen and oxygen atoms in total. The van der Waals surface area contributed by atoms with E-state index in [1.54, 1.807) is 18.5 Å². The number of aromatic nitrogens is 2. The van der Waals surface area contributed by atoms with Crippen molar-refractivity contribution >= 4 is 17.6 Å². The van der Waals surface area contributed by atoms with Crippen molar-refractivity contribution in [3.8, 4) is 6.07 Å². The summed E-state index contributed by atoms with van der Waals surface area (Å²) in [6.07, 6.45) is 3.65. The number of anilines is 1. The van der Waals surface area contributed by atoms with E-state index in [1.165, 1.54) is 0 Å². The van der Waals surface area contributed by atoms with Gasteiger partial charge in [0.2, 0.25) is 5.96 Å². The van der Waals surface area contributed by atoms with E-state index in [4.69, 9.17) is 20.0 Å². The lowest BCUT2D eigenvalue weighted by Crippen LogP contribution is -2.40. The van der Waals surface area contributed by atoms with Crippen molar-refractivity contribution in [2.75, 3.05) is 31.6 Å². The molecule has 33 heavy (non-hydrogen) atoms. The molecule has 9 heteroatoms. The van der Waals surface area contributed by atoms with E-state index in [9.17, 15) is 0 Å². The van der Waals surface area contributed by atoms with Crippen LogP contribution in [0, 0.1) is 11.3 Å². The molecule has 1 aliphatic rings. The van der Waals surface area contributed by atoms with Crippen LogP contribution in [0.3, 0.4) is 0 Å². The molecular formula is C24H32N8O. The van der Waals surface area contributed by atoms with Crippen LogP contribution < -0.4 is 10.6 Å². The van der Waals surface area contributed by atoms with Crippen LogP contribution in [0.4, 0.5) is 5.82 Å². The van der Waals surface area contributed by atoms with Crippen molar-refractivity contribution in [3.63, 3.8) is 0 Å². The van der Waals surface area contributed by atoms with Crippen molar-refractivity contribution in [1.29, 1.82) is 5.26 Å². The average molecular weight is 449 g/mol. The molecule has 2 heterocycles. The van der Waals surface area contributed by atoms with E-state index in [0.29, 0.717) is 24.7 Å². The van der Waals surface area contributed by atoms with Crippen molar-refractivity contribution < 1.29 is 4.74 Å². The number of rotatable bonds is 5. The number of ether oxygens (including phenoxy) is 1. The standard InChI is InChI=1S/C24H32N8O/c1-17(2)23(29-22-15-31(5)16-26-22)30-24(28-19(4)32-10-12-33-13-11-32)27-18(3)21-8-6-20(14-25)7-9-21/h6-9,15-16,18,29H,10-13H2,1-5H3,(H,27,30)/b28-19+. The van der Waals surface area contributed by atoms with E-state index < -0.39 is 0 Å². The van der Waals surface area contributed by atoms with Gasteiger partial charge in [0.1, 0.15) is 17.5 Å². The third kappa shape index (κ3) is 6.92. The van der Waals surface area contributed by atoms with Gasteiger partial charge in [-0.15, -0.1) is 0 Å². The van der Waals surface area contributed by atoms with Gasteiger partial charge in [-0.25, -0.2) is 15.0 Å². The summed E-state index contributed by atoms with van der Waals surface area (Å²) in [4.78, 5) is 16.3. The van der Waals surface area contributed by atoms with Gasteiger partial charge in [-0.3, -0.25) is 0 Å². The molecule has 1 atom stereocenters. The maximum Gasteiger partial charge on any atom is 0.225 e. The molecule has 0 spiro atoms. The Morgan fingerprint density at radius 2 is 1.88 bits per heavy atom. The fourth-order valence-corrected chi connectivity index (χ4v) is 3.29. The lowest BCUT2D eigenvalue weighted by molar-refractivity contribution is 0.0678. The van der Waals surface area contributed by atoms with Crippen LogP contribution in [0.1, 0.15) is 44.9 Å². The first-order chi connectivity index (χ1) is 15.9. The van der Waals surface area contributed by atoms with Crippen LogP contribution in [0.5, 0.6) is 0 Å². The predicted molar refractivity (Wildman–Crippen MR) is 131 cm³/mol. The van der Waals surface area contributed by atoms with Crippen LogP contribution >= 0.6 is 0 Å². The Balaban J connectivity index is 1.89. The van der Waals surface area contributed by atoms with Crippen molar-refractivity contribution in [2.45, 2.75) is 33.7 Å². The second-order valence-electron chi connectivity index (χ2n) is 8.17. The highest BCUT2D eigenvalue weighted by atomic mass is 16.5. The molecule has 1 unspecified atom stereocenters. The lowest BCUT2D eigenvalue weighted by Gasteiger charge is -2.28. The van der Waals surface area contributed by atoms with Crippen molar-refractivity contribution in [1.82, 2.24) is 19.8 Å². The molecule has 174 valence electrons. The predicted octanol–water partition coefficient (Wildman–Crippen LogP) is 3.41. The summed E-state index contributed by atoms with van der Waals surface area (Å²) in [5, 5.41) is 15.8. The highest BCUT2D eigenvalue weighted by molar-refractivity contribution is 5.96. The Morgan fingerprint density at radius 3 is 2.45 bits per heavy atom. The van der Waals surface area contributed by atoms with Gasteiger partial charge < -0.3 is 24.8 Å². The lowest BCUT2D eigenvalue weighted by atomic mass is 10.1. The number of nitrogens with one attached hydrogen (secondary N) is 2. The quantitative estimate of drug-likeness (QED) is 0.537. The number of benzene rings is 1. The minimum atomic E-state index is -0.158. The molecule has 0 aliphatic carbocycles. The first kappa shape index (κ1) is 24.0. The largest absolute Gasteiger partial charge is 0.378 e. The van der Waals surface area contributed by atoms with Crippen molar-refractivity contribution in [2.24, 2.45) is 17.0 Å². The van der Waals surface area contributed by atoms with Gasteiger partial charge in [-0.2, -0.15) is 5.26 Å². The number of hydrogen-bond acceptors (Lipinski definition) is 5. The molecule has 1 aromatic carbocycles. The third-order valence-electron chi connectivity index (χ3n) is 5.27. The Labute approximate surface area is 195 Å². The Bertz CT molecular complexity index is 1060. The van der Waals surface area contributed by atoms with E-state index in [2.05, 4.69) is 26.6 Å². The molecule has 1 saturated heterocycles. The van der Waals surface area contributed by atoms with Gasteiger partial charge in [-0.1, -0.05) is 12.1 Å². The second kappa shape index (κ2) is 11.3. The molecule has 0 amide bonds. The summed E-state index contributed by atoms with van der Waals surface area (Å²) in [5.74, 6) is 2.88. The Kier molecular flexibility index (Phi) is 8.22. The molecule has 2 N–H and O–H groups in total. The summed E-state index contributed by atoms with van der Waals surface area (Å²) in [6.45, 7) is 11.0. The number of imidazole rings is 1. The maximum absolute atomic E-state index is 9.07. The van der Waals surface area contributed by atoms with Gasteiger partial charge in [0.15, 0.2) is 0 Å². The van der Waals surface area contributed by atoms with Crippen molar-refractivity contribution in [3.05, 3.63) is 59.3 Å². The summed E-state index contributed by atoms with van der Waals surface area (Å²) in [5.41, 5.74) is 2.67. The smallest absolute Gasteiger partial charge is 0.225 e. The van der Waals surface area contributed by atoms with Crippen LogP contribution in [0.2, 0.25) is 0 Å². The minimum Gasteiger partial charge on any atom is -0.378 e. The number of aryl methyl sites for hydroxylation is 1. The zero-order valence-electron chi connectivity index (χ0n) is 20.0. The van der Waals surface area contributed by atoms with Crippen LogP contribution in [-0.4, -0.2) is 52.5 Å². The van der Waals surface area contributed by atoms with Gasteiger partial charge in [0.25, 0.3) is 0 Å². The topological polar surface area (TPSA) is 103 Å². The molecule has 1 fully saturated rings. The first-order valence-corrected chi connectivity index (χ1v) is 11.0. The Hall–Kier alpha value is -3.64. The molecule has 0 bridgehead atoms. The maximum atomic E-state index is 9.07. The molecular weight excluding hydrogens is 416 g/mol. The molecule has 0 saturated carbocycles. The number of nitrogens with zero attached hydrogens (tertiary/aromatic N) is 6. The number of morpholine rings is 1. The van der Waals surface area contributed by atoms with Gasteiger partial charge >= 0.3 is 0 Å². The molecule has 2 aromatic rings. The zero-order valence-corrected chi connectivity index (χ0v) is 20.0. The van der Waals surface area contributed by atoms with Crippen LogP contribution in [0.15, 0.2) is 58.2 Å². The summed E-state index contributed by atoms with van der Waals surface area (Å²) in [6, 6.07) is 9.46. The molecule has 1 aromatic heterocycles. The summed E-state index contributed by atoms with van der Waals surface area (Å²) in [7, 11) is 1.93. The number of guanidine groups is 1. The Morgan fingerprint density at radius 1 is 1.18 bits per heavy atom. The average Bonchev–Trinajstić information content (AvgIpc) is 3.23. The van der Waals surface area contributed by atoms with E-state index in [-0.39, 0.29) is 6.04 Å². The van der Waals surface area contributed by atoms with E-state index in [1.807, 2.05) is 57.6 Å². The minimum absolute atomic E-state index is 0.158. The fraction of sp³-hybridized carbons (Fsp3) is 0.417. The van der Waals surface area contributed by atoms with Crippen LogP contribution in [0.25, 0.3) is 0 Å². The number of allylic oxidation sites excluding steroid dienone is 1. The molecule has 3 rings (SSSR count). The SMILES string of the molecule is CC(C)=C(NC(=NC(C)c1ccc(C#N)cc1)/N=C(\C)N1CCOCC1)Nc1cn(C)cn1. The first-order valence-electron chi connectivity index (χ1n) is 11.0. The third-order valence-corrected chi connectivity index (χ3v) is 5.27. The number of nitriles is 1. The van der Waals surface area contributed by atoms with Gasteiger partial charge in [-0.05, 0) is 51.0 Å². The fourth-order valence-electron chi connectivity index (χ4n) is 3.29. The molecule has 1 aliphatic heterocycles. The highest BCUT2D eigenvalue weighted by Gasteiger charge is 2.15. The summed E-state index contributed by atoms with van der Waals surface area (Å²) < 4.78 is 7.35.